The summed E-state index contributed by atoms with van der Waals surface area (Å²) in [5.41, 5.74) is 1.47. The van der Waals surface area contributed by atoms with Crippen molar-refractivity contribution < 1.29 is 0 Å². The first-order valence-electron chi connectivity index (χ1n) is 6.32. The van der Waals surface area contributed by atoms with Crippen molar-refractivity contribution in [2.45, 2.75) is 25.7 Å². The van der Waals surface area contributed by atoms with Gasteiger partial charge in [-0.05, 0) is 32.1 Å². The van der Waals surface area contributed by atoms with E-state index in [9.17, 15) is 0 Å². The largest absolute Gasteiger partial charge is 0.300 e. The van der Waals surface area contributed by atoms with E-state index in [0.717, 1.165) is 25.4 Å². The molecule has 0 aliphatic rings. The molecule has 1 aromatic carbocycles. The van der Waals surface area contributed by atoms with Crippen LogP contribution in [0.25, 0.3) is 0 Å². The summed E-state index contributed by atoms with van der Waals surface area (Å²) in [6.07, 6.45) is 2.34. The highest BCUT2D eigenvalue weighted by Crippen LogP contribution is 2.17. The van der Waals surface area contributed by atoms with Crippen LogP contribution in [-0.2, 0) is 0 Å². The molecule has 0 atom stereocenters. The molecule has 1 nitrogen and oxygen atoms in total. The molecule has 0 aromatic heterocycles. The van der Waals surface area contributed by atoms with Crippen molar-refractivity contribution in [3.8, 4) is 0 Å². The summed E-state index contributed by atoms with van der Waals surface area (Å²) >= 11 is 1.90. The topological polar surface area (TPSA) is 3.24 Å². The minimum Gasteiger partial charge on any atom is -0.300 e. The van der Waals surface area contributed by atoms with Crippen molar-refractivity contribution in [3.05, 3.63) is 42.0 Å². The molecule has 17 heavy (non-hydrogen) atoms. The first kappa shape index (κ1) is 14.3. The molecule has 1 rings (SSSR count). The Bertz CT molecular complexity index is 328. The van der Waals surface area contributed by atoms with Crippen molar-refractivity contribution in [1.29, 1.82) is 0 Å². The molecule has 0 aliphatic heterocycles. The van der Waals surface area contributed by atoms with Gasteiger partial charge in [0.25, 0.3) is 0 Å². The quantitative estimate of drug-likeness (QED) is 0.529. The summed E-state index contributed by atoms with van der Waals surface area (Å²) in [6, 6.07) is 10.6. The van der Waals surface area contributed by atoms with Crippen LogP contribution < -0.4 is 0 Å². The maximum atomic E-state index is 2.44. The van der Waals surface area contributed by atoms with E-state index in [1.807, 2.05) is 11.8 Å². The summed E-state index contributed by atoms with van der Waals surface area (Å²) in [5, 5.41) is 0. The molecule has 0 bridgehead atoms. The molecule has 1 aromatic rings. The lowest BCUT2D eigenvalue weighted by Gasteiger charge is -2.18. The third-order valence-corrected chi connectivity index (χ3v) is 3.73. The Morgan fingerprint density at radius 2 is 1.82 bits per heavy atom. The van der Waals surface area contributed by atoms with Crippen molar-refractivity contribution >= 4 is 11.8 Å². The Kier molecular flexibility index (Phi) is 7.06. The normalized spacial score (nSPS) is 12.1. The third-order valence-electron chi connectivity index (χ3n) is 2.79. The molecule has 0 unspecified atom stereocenters. The van der Waals surface area contributed by atoms with Gasteiger partial charge < -0.3 is 0 Å². The average Bonchev–Trinajstić information content (AvgIpc) is 2.37. The lowest BCUT2D eigenvalue weighted by Crippen LogP contribution is -2.24. The van der Waals surface area contributed by atoms with Gasteiger partial charge in [-0.25, -0.2) is 0 Å². The molecule has 0 spiro atoms. The zero-order valence-electron chi connectivity index (χ0n) is 11.1. The van der Waals surface area contributed by atoms with E-state index in [1.54, 1.807) is 0 Å². The van der Waals surface area contributed by atoms with E-state index in [2.05, 4.69) is 62.1 Å². The van der Waals surface area contributed by atoms with Gasteiger partial charge in [0.2, 0.25) is 0 Å². The fourth-order valence-corrected chi connectivity index (χ4v) is 2.57. The summed E-state index contributed by atoms with van der Waals surface area (Å²) in [6.45, 7) is 10.0. The maximum Gasteiger partial charge on any atom is 0.0190 e. The van der Waals surface area contributed by atoms with E-state index >= 15 is 0 Å². The van der Waals surface area contributed by atoms with Crippen LogP contribution >= 0.6 is 11.8 Å². The molecule has 94 valence electrons. The summed E-state index contributed by atoms with van der Waals surface area (Å²) in [5.74, 6) is 1.07. The Morgan fingerprint density at radius 3 is 2.41 bits per heavy atom. The highest BCUT2D eigenvalue weighted by atomic mass is 32.2. The number of rotatable bonds is 7. The van der Waals surface area contributed by atoms with Gasteiger partial charge in [0.1, 0.15) is 0 Å². The fraction of sp³-hybridized carbons (Fsp3) is 0.467. The summed E-state index contributed by atoms with van der Waals surface area (Å²) in [7, 11) is 0. The number of hydrogen-bond acceptors (Lipinski definition) is 2. The van der Waals surface area contributed by atoms with Crippen LogP contribution in [0.2, 0.25) is 0 Å². The molecule has 0 heterocycles. The number of likely N-dealkylation sites (N-methyl/N-ethyl adjacent to an activating group) is 1. The number of nitrogens with zero attached hydrogens (tertiary/aromatic N) is 1. The molecule has 0 radical (unpaired) electrons. The second-order valence-electron chi connectivity index (χ2n) is 4.14. The third kappa shape index (κ3) is 5.94. The van der Waals surface area contributed by atoms with E-state index in [0.29, 0.717) is 0 Å². The monoisotopic (exact) mass is 249 g/mol. The van der Waals surface area contributed by atoms with Gasteiger partial charge in [-0.2, -0.15) is 0 Å². The lowest BCUT2D eigenvalue weighted by molar-refractivity contribution is 0.330. The predicted octanol–water partition coefficient (Wildman–Crippen LogP) is 4.07. The highest BCUT2D eigenvalue weighted by molar-refractivity contribution is 7.99. The van der Waals surface area contributed by atoms with Crippen LogP contribution in [0.1, 0.15) is 20.8 Å². The summed E-state index contributed by atoms with van der Waals surface area (Å²) in [4.78, 5) is 3.79. The highest BCUT2D eigenvalue weighted by Gasteiger charge is 1.99. The number of hydrogen-bond donors (Lipinski definition) is 0. The zero-order valence-corrected chi connectivity index (χ0v) is 12.0. The van der Waals surface area contributed by atoms with E-state index in [-0.39, 0.29) is 0 Å². The fourth-order valence-electron chi connectivity index (χ4n) is 1.66. The van der Waals surface area contributed by atoms with E-state index < -0.39 is 0 Å². The molecule has 0 aliphatic carbocycles. The van der Waals surface area contributed by atoms with E-state index in [4.69, 9.17) is 0 Å². The molecular formula is C15H23NS. The lowest BCUT2D eigenvalue weighted by atomic mass is 10.2. The minimum atomic E-state index is 1.07. The van der Waals surface area contributed by atoms with Crippen LogP contribution in [0.15, 0.2) is 46.9 Å². The molecule has 0 saturated heterocycles. The molecule has 0 saturated carbocycles. The Morgan fingerprint density at radius 1 is 1.18 bits per heavy atom. The van der Waals surface area contributed by atoms with Gasteiger partial charge >= 0.3 is 0 Å². The SMILES string of the molecule is CCN(CC)C/C(C)=C/CSc1ccccc1. The van der Waals surface area contributed by atoms with Crippen LogP contribution in [0, 0.1) is 0 Å². The molecular weight excluding hydrogens is 226 g/mol. The first-order valence-corrected chi connectivity index (χ1v) is 7.30. The predicted molar refractivity (Wildman–Crippen MR) is 78.7 cm³/mol. The van der Waals surface area contributed by atoms with Crippen LogP contribution in [0.3, 0.4) is 0 Å². The minimum absolute atomic E-state index is 1.07. The molecule has 0 N–H and O–H groups in total. The Labute approximate surface area is 110 Å². The van der Waals surface area contributed by atoms with E-state index in [1.165, 1.54) is 10.5 Å². The van der Waals surface area contributed by atoms with Gasteiger partial charge in [-0.1, -0.05) is 43.7 Å². The summed E-state index contributed by atoms with van der Waals surface area (Å²) < 4.78 is 0. The molecule has 0 fully saturated rings. The van der Waals surface area contributed by atoms with Crippen molar-refractivity contribution in [1.82, 2.24) is 4.90 Å². The van der Waals surface area contributed by atoms with Crippen molar-refractivity contribution in [3.63, 3.8) is 0 Å². The van der Waals surface area contributed by atoms with Gasteiger partial charge in [0, 0.05) is 17.2 Å². The van der Waals surface area contributed by atoms with Gasteiger partial charge in [-0.15, -0.1) is 11.8 Å². The van der Waals surface area contributed by atoms with Gasteiger partial charge in [0.05, 0.1) is 0 Å². The van der Waals surface area contributed by atoms with Gasteiger partial charge in [-0.3, -0.25) is 4.90 Å². The second-order valence-corrected chi connectivity index (χ2v) is 5.23. The Hall–Kier alpha value is -0.730. The van der Waals surface area contributed by atoms with Crippen LogP contribution in [-0.4, -0.2) is 30.3 Å². The van der Waals surface area contributed by atoms with Gasteiger partial charge in [0.15, 0.2) is 0 Å². The smallest absolute Gasteiger partial charge is 0.0190 e. The standard InChI is InChI=1S/C15H23NS/c1-4-16(5-2)13-14(3)11-12-17-15-9-7-6-8-10-15/h6-11H,4-5,12-13H2,1-3H3/b14-11+. The van der Waals surface area contributed by atoms with Crippen LogP contribution in [0.5, 0.6) is 0 Å². The maximum absolute atomic E-state index is 2.44. The molecule has 0 amide bonds. The second kappa shape index (κ2) is 8.37. The molecule has 2 heteroatoms. The van der Waals surface area contributed by atoms with Crippen LogP contribution in [0.4, 0.5) is 0 Å². The number of thioether (sulfide) groups is 1. The first-order chi connectivity index (χ1) is 8.26. The zero-order chi connectivity index (χ0) is 12.5. The number of benzene rings is 1. The van der Waals surface area contributed by atoms with Crippen molar-refractivity contribution in [2.24, 2.45) is 0 Å². The average molecular weight is 249 g/mol. The van der Waals surface area contributed by atoms with Crippen molar-refractivity contribution in [2.75, 3.05) is 25.4 Å². The Balaban J connectivity index is 2.33.